The summed E-state index contributed by atoms with van der Waals surface area (Å²) < 4.78 is 9.44. The Balaban J connectivity index is 2.31. The normalized spacial score (nSPS) is 26.7. The van der Waals surface area contributed by atoms with Gasteiger partial charge in [-0.15, -0.1) is 0 Å². The van der Waals surface area contributed by atoms with Gasteiger partial charge in [-0.05, 0) is 12.8 Å². The minimum Gasteiger partial charge on any atom is -0.427 e. The van der Waals surface area contributed by atoms with E-state index in [1.165, 1.54) is 0 Å². The van der Waals surface area contributed by atoms with Crippen LogP contribution in [0.3, 0.4) is 0 Å². The van der Waals surface area contributed by atoms with E-state index in [-0.39, 0.29) is 6.10 Å². The highest BCUT2D eigenvalue weighted by molar-refractivity contribution is 5.70. The summed E-state index contributed by atoms with van der Waals surface area (Å²) in [6.07, 6.45) is 2.71. The van der Waals surface area contributed by atoms with Gasteiger partial charge in [-0.1, -0.05) is 19.8 Å². The molecule has 0 aromatic rings. The first-order valence-electron chi connectivity index (χ1n) is 4.60. The first-order chi connectivity index (χ1) is 6.27. The van der Waals surface area contributed by atoms with Crippen LogP contribution in [0, 0.1) is 0 Å². The van der Waals surface area contributed by atoms with E-state index in [1.807, 2.05) is 0 Å². The zero-order valence-corrected chi connectivity index (χ0v) is 7.69. The lowest BCUT2D eigenvalue weighted by Gasteiger charge is -2.08. The summed E-state index contributed by atoms with van der Waals surface area (Å²) in [5, 5.41) is 0. The van der Waals surface area contributed by atoms with Crippen molar-refractivity contribution in [3.8, 4) is 0 Å². The fourth-order valence-corrected chi connectivity index (χ4v) is 1.34. The van der Waals surface area contributed by atoms with Crippen LogP contribution in [0.15, 0.2) is 0 Å². The number of aldehydes is 1. The van der Waals surface area contributed by atoms with E-state index >= 15 is 0 Å². The Morgan fingerprint density at radius 1 is 1.38 bits per heavy atom. The van der Waals surface area contributed by atoms with E-state index in [1.54, 1.807) is 0 Å². The van der Waals surface area contributed by atoms with Gasteiger partial charge in [0.15, 0.2) is 12.4 Å². The maximum Gasteiger partial charge on any atom is 0.509 e. The second kappa shape index (κ2) is 4.84. The number of carbonyl (C=O) groups is 2. The highest BCUT2D eigenvalue weighted by Crippen LogP contribution is 2.19. The Bertz CT molecular complexity index is 190. The van der Waals surface area contributed by atoms with Crippen LogP contribution >= 0.6 is 0 Å². The van der Waals surface area contributed by atoms with Crippen molar-refractivity contribution in [1.29, 1.82) is 0 Å². The summed E-state index contributed by atoms with van der Waals surface area (Å²) >= 11 is 0. The highest BCUT2D eigenvalue weighted by Gasteiger charge is 2.35. The molecular formula is C9H14O4. The van der Waals surface area contributed by atoms with Gasteiger partial charge in [0.25, 0.3) is 0 Å². The first-order valence-corrected chi connectivity index (χ1v) is 4.60. The predicted molar refractivity (Wildman–Crippen MR) is 45.3 cm³/mol. The zero-order valence-electron chi connectivity index (χ0n) is 7.69. The van der Waals surface area contributed by atoms with Crippen LogP contribution in [-0.4, -0.2) is 24.6 Å². The molecule has 0 amide bonds. The molecule has 0 bridgehead atoms. The molecule has 13 heavy (non-hydrogen) atoms. The van der Waals surface area contributed by atoms with Gasteiger partial charge in [0.1, 0.15) is 6.10 Å². The van der Waals surface area contributed by atoms with Gasteiger partial charge in [0, 0.05) is 0 Å². The zero-order chi connectivity index (χ0) is 9.68. The molecule has 1 rings (SSSR count). The quantitative estimate of drug-likeness (QED) is 0.372. The fourth-order valence-electron chi connectivity index (χ4n) is 1.34. The van der Waals surface area contributed by atoms with Gasteiger partial charge < -0.3 is 9.47 Å². The SMILES string of the molecule is CCCCC[C@@H]1OC(=O)O[C@@H]1C=O. The minimum absolute atomic E-state index is 0.364. The van der Waals surface area contributed by atoms with Crippen molar-refractivity contribution < 1.29 is 19.1 Å². The van der Waals surface area contributed by atoms with E-state index < -0.39 is 12.3 Å². The number of hydrogen-bond donors (Lipinski definition) is 0. The Morgan fingerprint density at radius 2 is 2.15 bits per heavy atom. The number of ether oxygens (including phenoxy) is 2. The van der Waals surface area contributed by atoms with Crippen LogP contribution < -0.4 is 0 Å². The van der Waals surface area contributed by atoms with Gasteiger partial charge in [0.2, 0.25) is 0 Å². The van der Waals surface area contributed by atoms with Crippen molar-refractivity contribution in [1.82, 2.24) is 0 Å². The number of cyclic esters (lactones) is 2. The third-order valence-electron chi connectivity index (χ3n) is 2.07. The number of hydrogen-bond acceptors (Lipinski definition) is 4. The largest absolute Gasteiger partial charge is 0.509 e. The third-order valence-corrected chi connectivity index (χ3v) is 2.07. The monoisotopic (exact) mass is 186 g/mol. The standard InChI is InChI=1S/C9H14O4/c1-2-3-4-5-7-8(6-10)13-9(11)12-7/h6-8H,2-5H2,1H3/t7-,8+/m0/s1. The molecule has 0 radical (unpaired) electrons. The Morgan fingerprint density at radius 3 is 2.77 bits per heavy atom. The average Bonchev–Trinajstić information content (AvgIpc) is 2.47. The van der Waals surface area contributed by atoms with Crippen molar-refractivity contribution in [3.05, 3.63) is 0 Å². The molecule has 0 saturated carbocycles. The maximum atomic E-state index is 10.7. The van der Waals surface area contributed by atoms with Gasteiger partial charge in [-0.2, -0.15) is 0 Å². The lowest BCUT2D eigenvalue weighted by molar-refractivity contribution is -0.114. The van der Waals surface area contributed by atoms with Crippen molar-refractivity contribution in [2.45, 2.75) is 44.8 Å². The molecular weight excluding hydrogens is 172 g/mol. The number of rotatable bonds is 5. The van der Waals surface area contributed by atoms with Crippen molar-refractivity contribution in [3.63, 3.8) is 0 Å². The highest BCUT2D eigenvalue weighted by atomic mass is 16.8. The topological polar surface area (TPSA) is 52.6 Å². The molecule has 0 aromatic heterocycles. The molecule has 4 heteroatoms. The van der Waals surface area contributed by atoms with E-state index in [0.29, 0.717) is 12.7 Å². The Kier molecular flexibility index (Phi) is 3.73. The van der Waals surface area contributed by atoms with Crippen LogP contribution in [0.4, 0.5) is 4.79 Å². The summed E-state index contributed by atoms with van der Waals surface area (Å²) in [5.74, 6) is 0. The Labute approximate surface area is 77.2 Å². The molecule has 0 aromatic carbocycles. The lowest BCUT2D eigenvalue weighted by atomic mass is 10.1. The molecule has 0 unspecified atom stereocenters. The molecule has 1 aliphatic heterocycles. The second-order valence-corrected chi connectivity index (χ2v) is 3.12. The average molecular weight is 186 g/mol. The summed E-state index contributed by atoms with van der Waals surface area (Å²) in [5.41, 5.74) is 0. The molecule has 74 valence electrons. The molecule has 1 saturated heterocycles. The summed E-state index contributed by atoms with van der Waals surface area (Å²) in [6.45, 7) is 2.09. The van der Waals surface area contributed by atoms with E-state index in [9.17, 15) is 9.59 Å². The van der Waals surface area contributed by atoms with E-state index in [0.717, 1.165) is 19.3 Å². The van der Waals surface area contributed by atoms with Crippen LogP contribution in [-0.2, 0) is 14.3 Å². The van der Waals surface area contributed by atoms with Crippen LogP contribution in [0.5, 0.6) is 0 Å². The molecule has 0 spiro atoms. The van der Waals surface area contributed by atoms with Gasteiger partial charge >= 0.3 is 6.16 Å². The Hall–Kier alpha value is -1.06. The van der Waals surface area contributed by atoms with Crippen molar-refractivity contribution >= 4 is 12.4 Å². The second-order valence-electron chi connectivity index (χ2n) is 3.12. The first kappa shape index (κ1) is 10.0. The molecule has 2 atom stereocenters. The molecule has 0 N–H and O–H groups in total. The smallest absolute Gasteiger partial charge is 0.427 e. The predicted octanol–water partition coefficient (Wildman–Crippen LogP) is 1.67. The lowest BCUT2D eigenvalue weighted by Crippen LogP contribution is -2.23. The maximum absolute atomic E-state index is 10.7. The van der Waals surface area contributed by atoms with Crippen LogP contribution in [0.25, 0.3) is 0 Å². The van der Waals surface area contributed by atoms with E-state index in [2.05, 4.69) is 11.7 Å². The van der Waals surface area contributed by atoms with Gasteiger partial charge in [0.05, 0.1) is 0 Å². The number of unbranched alkanes of at least 4 members (excludes halogenated alkanes) is 2. The van der Waals surface area contributed by atoms with Crippen LogP contribution in [0.2, 0.25) is 0 Å². The van der Waals surface area contributed by atoms with Gasteiger partial charge in [-0.3, -0.25) is 4.79 Å². The molecule has 4 nitrogen and oxygen atoms in total. The van der Waals surface area contributed by atoms with Crippen molar-refractivity contribution in [2.75, 3.05) is 0 Å². The summed E-state index contributed by atoms with van der Waals surface area (Å²) in [6, 6.07) is 0. The molecule has 1 fully saturated rings. The summed E-state index contributed by atoms with van der Waals surface area (Å²) in [4.78, 5) is 21.1. The van der Waals surface area contributed by atoms with Crippen molar-refractivity contribution in [2.24, 2.45) is 0 Å². The molecule has 1 heterocycles. The van der Waals surface area contributed by atoms with Gasteiger partial charge in [-0.25, -0.2) is 4.79 Å². The van der Waals surface area contributed by atoms with Crippen LogP contribution in [0.1, 0.15) is 32.6 Å². The minimum atomic E-state index is -0.724. The van der Waals surface area contributed by atoms with E-state index in [4.69, 9.17) is 4.74 Å². The number of carbonyl (C=O) groups excluding carboxylic acids is 2. The third kappa shape index (κ3) is 2.72. The fraction of sp³-hybridized carbons (Fsp3) is 0.778. The molecule has 1 aliphatic rings. The summed E-state index contributed by atoms with van der Waals surface area (Å²) in [7, 11) is 0. The molecule has 0 aliphatic carbocycles.